The fourth-order valence-electron chi connectivity index (χ4n) is 2.20. The van der Waals surface area contributed by atoms with E-state index < -0.39 is 0 Å². The Balaban J connectivity index is 1.81. The van der Waals surface area contributed by atoms with Crippen molar-refractivity contribution in [3.05, 3.63) is 60.2 Å². The third-order valence-electron chi connectivity index (χ3n) is 3.31. The number of hydrogen-bond acceptors (Lipinski definition) is 3. The molecule has 0 fully saturated rings. The first-order valence-electron chi connectivity index (χ1n) is 7.84. The zero-order valence-corrected chi connectivity index (χ0v) is 13.3. The maximum absolute atomic E-state index is 10.0. The van der Waals surface area contributed by atoms with Gasteiger partial charge in [0.15, 0.2) is 0 Å². The van der Waals surface area contributed by atoms with Gasteiger partial charge >= 0.3 is 0 Å². The van der Waals surface area contributed by atoms with Crippen molar-refractivity contribution < 1.29 is 9.84 Å². The van der Waals surface area contributed by atoms with Crippen LogP contribution in [0.4, 0.5) is 0 Å². The molecule has 0 aromatic heterocycles. The summed E-state index contributed by atoms with van der Waals surface area (Å²) < 4.78 is 5.75. The van der Waals surface area contributed by atoms with Crippen LogP contribution in [0, 0.1) is 5.92 Å². The zero-order valence-electron chi connectivity index (χ0n) is 13.3. The van der Waals surface area contributed by atoms with E-state index in [1.807, 2.05) is 54.6 Å². The van der Waals surface area contributed by atoms with Crippen LogP contribution in [0.25, 0.3) is 0 Å². The van der Waals surface area contributed by atoms with E-state index in [9.17, 15) is 5.11 Å². The molecule has 0 heterocycles. The largest absolute Gasteiger partial charge is 0.457 e. The Bertz CT molecular complexity index is 537. The molecule has 3 nitrogen and oxygen atoms in total. The summed E-state index contributed by atoms with van der Waals surface area (Å²) in [6.45, 7) is 5.87. The summed E-state index contributed by atoms with van der Waals surface area (Å²) in [7, 11) is 0. The van der Waals surface area contributed by atoms with Crippen LogP contribution in [0.1, 0.15) is 19.4 Å². The monoisotopic (exact) mass is 299 g/mol. The van der Waals surface area contributed by atoms with Crippen molar-refractivity contribution in [1.29, 1.82) is 0 Å². The quantitative estimate of drug-likeness (QED) is 0.782. The van der Waals surface area contributed by atoms with Crippen molar-refractivity contribution in [1.82, 2.24) is 5.32 Å². The lowest BCUT2D eigenvalue weighted by molar-refractivity contribution is 0.170. The van der Waals surface area contributed by atoms with Crippen LogP contribution in [-0.2, 0) is 6.42 Å². The maximum atomic E-state index is 10.0. The van der Waals surface area contributed by atoms with E-state index in [1.165, 1.54) is 0 Å². The molecule has 0 aliphatic rings. The van der Waals surface area contributed by atoms with Gasteiger partial charge in [0.2, 0.25) is 0 Å². The van der Waals surface area contributed by atoms with Crippen LogP contribution in [-0.4, -0.2) is 24.3 Å². The lowest BCUT2D eigenvalue weighted by Crippen LogP contribution is -2.30. The molecule has 2 aromatic carbocycles. The lowest BCUT2D eigenvalue weighted by Gasteiger charge is -2.13. The Labute approximate surface area is 133 Å². The van der Waals surface area contributed by atoms with Gasteiger partial charge in [0.25, 0.3) is 0 Å². The van der Waals surface area contributed by atoms with Gasteiger partial charge in [-0.25, -0.2) is 0 Å². The summed E-state index contributed by atoms with van der Waals surface area (Å²) in [6, 6.07) is 17.6. The van der Waals surface area contributed by atoms with Crippen molar-refractivity contribution in [2.75, 3.05) is 13.1 Å². The van der Waals surface area contributed by atoms with Gasteiger partial charge in [-0.2, -0.15) is 0 Å². The van der Waals surface area contributed by atoms with Crippen LogP contribution in [0.5, 0.6) is 11.5 Å². The number of aliphatic hydroxyl groups excluding tert-OH is 1. The average Bonchev–Trinajstić information content (AvgIpc) is 2.50. The predicted molar refractivity (Wildman–Crippen MR) is 90.4 cm³/mol. The van der Waals surface area contributed by atoms with Gasteiger partial charge in [-0.3, -0.25) is 0 Å². The molecule has 3 heteroatoms. The molecule has 22 heavy (non-hydrogen) atoms. The van der Waals surface area contributed by atoms with Gasteiger partial charge in [0.05, 0.1) is 6.10 Å². The van der Waals surface area contributed by atoms with Crippen LogP contribution >= 0.6 is 0 Å². The highest BCUT2D eigenvalue weighted by atomic mass is 16.5. The molecule has 0 aliphatic carbocycles. The Morgan fingerprint density at radius 2 is 1.55 bits per heavy atom. The van der Waals surface area contributed by atoms with E-state index in [0.717, 1.165) is 23.6 Å². The normalized spacial score (nSPS) is 12.4. The second-order valence-electron chi connectivity index (χ2n) is 5.97. The number of nitrogens with one attached hydrogen (secondary N) is 1. The van der Waals surface area contributed by atoms with Gasteiger partial charge in [-0.05, 0) is 48.7 Å². The maximum Gasteiger partial charge on any atom is 0.127 e. The molecule has 0 spiro atoms. The summed E-state index contributed by atoms with van der Waals surface area (Å²) in [6.07, 6.45) is 0.288. The summed E-state index contributed by atoms with van der Waals surface area (Å²) in [5, 5.41) is 13.3. The SMILES string of the molecule is CC(C)CNCC(O)Cc1ccc(Oc2ccccc2)cc1. The Hall–Kier alpha value is -1.84. The molecule has 1 unspecified atom stereocenters. The van der Waals surface area contributed by atoms with Gasteiger partial charge < -0.3 is 15.2 Å². The summed E-state index contributed by atoms with van der Waals surface area (Å²) in [5.74, 6) is 2.23. The third kappa shape index (κ3) is 5.88. The minimum absolute atomic E-state index is 0.361. The summed E-state index contributed by atoms with van der Waals surface area (Å²) >= 11 is 0. The third-order valence-corrected chi connectivity index (χ3v) is 3.31. The molecule has 0 amide bonds. The predicted octanol–water partition coefficient (Wildman–Crippen LogP) is 3.63. The van der Waals surface area contributed by atoms with Crippen LogP contribution in [0.15, 0.2) is 54.6 Å². The van der Waals surface area contributed by atoms with E-state index in [-0.39, 0.29) is 6.10 Å². The highest BCUT2D eigenvalue weighted by Gasteiger charge is 2.06. The molecule has 2 N–H and O–H groups in total. The molecule has 2 rings (SSSR count). The van der Waals surface area contributed by atoms with E-state index in [4.69, 9.17) is 4.74 Å². The van der Waals surface area contributed by atoms with Gasteiger partial charge in [-0.15, -0.1) is 0 Å². The molecule has 0 aliphatic heterocycles. The van der Waals surface area contributed by atoms with Crippen molar-refractivity contribution in [3.63, 3.8) is 0 Å². The number of rotatable bonds is 8. The van der Waals surface area contributed by atoms with Crippen molar-refractivity contribution in [2.24, 2.45) is 5.92 Å². The van der Waals surface area contributed by atoms with Crippen LogP contribution < -0.4 is 10.1 Å². The van der Waals surface area contributed by atoms with Crippen molar-refractivity contribution in [3.8, 4) is 11.5 Å². The Morgan fingerprint density at radius 1 is 0.909 bits per heavy atom. The number of ether oxygens (including phenoxy) is 1. The molecule has 0 saturated carbocycles. The van der Waals surface area contributed by atoms with Crippen LogP contribution in [0.3, 0.4) is 0 Å². The van der Waals surface area contributed by atoms with Gasteiger partial charge in [-0.1, -0.05) is 44.2 Å². The average molecular weight is 299 g/mol. The molecule has 0 radical (unpaired) electrons. The van der Waals surface area contributed by atoms with Gasteiger partial charge in [0.1, 0.15) is 11.5 Å². The minimum Gasteiger partial charge on any atom is -0.457 e. The summed E-state index contributed by atoms with van der Waals surface area (Å²) in [4.78, 5) is 0. The smallest absolute Gasteiger partial charge is 0.127 e. The first-order valence-corrected chi connectivity index (χ1v) is 7.84. The molecular formula is C19H25NO2. The highest BCUT2D eigenvalue weighted by molar-refractivity contribution is 5.33. The van der Waals surface area contributed by atoms with E-state index >= 15 is 0 Å². The second kappa shape index (κ2) is 8.57. The number of aliphatic hydroxyl groups is 1. The number of hydrogen-bond donors (Lipinski definition) is 2. The molecule has 2 aromatic rings. The molecule has 1 atom stereocenters. The second-order valence-corrected chi connectivity index (χ2v) is 5.97. The topological polar surface area (TPSA) is 41.5 Å². The molecule has 0 saturated heterocycles. The molecule has 0 bridgehead atoms. The fraction of sp³-hybridized carbons (Fsp3) is 0.368. The Morgan fingerprint density at radius 3 is 2.18 bits per heavy atom. The first kappa shape index (κ1) is 16.5. The van der Waals surface area contributed by atoms with E-state index in [1.54, 1.807) is 0 Å². The zero-order chi connectivity index (χ0) is 15.8. The van der Waals surface area contributed by atoms with E-state index in [2.05, 4.69) is 19.2 Å². The minimum atomic E-state index is -0.361. The van der Waals surface area contributed by atoms with Crippen molar-refractivity contribution in [2.45, 2.75) is 26.4 Å². The van der Waals surface area contributed by atoms with Crippen molar-refractivity contribution >= 4 is 0 Å². The first-order chi connectivity index (χ1) is 10.6. The standard InChI is InChI=1S/C19H25NO2/c1-15(2)13-20-14-17(21)12-16-8-10-19(11-9-16)22-18-6-4-3-5-7-18/h3-11,15,17,20-21H,12-14H2,1-2H3. The molecule has 118 valence electrons. The molecular weight excluding hydrogens is 274 g/mol. The highest BCUT2D eigenvalue weighted by Crippen LogP contribution is 2.21. The number of para-hydroxylation sites is 1. The fourth-order valence-corrected chi connectivity index (χ4v) is 2.20. The number of benzene rings is 2. The van der Waals surface area contributed by atoms with Crippen LogP contribution in [0.2, 0.25) is 0 Å². The lowest BCUT2D eigenvalue weighted by atomic mass is 10.1. The van der Waals surface area contributed by atoms with E-state index in [0.29, 0.717) is 18.9 Å². The Kier molecular flexibility index (Phi) is 6.44. The summed E-state index contributed by atoms with van der Waals surface area (Å²) in [5.41, 5.74) is 1.11. The van der Waals surface area contributed by atoms with Gasteiger partial charge in [0, 0.05) is 6.54 Å².